The molecule has 64 valence electrons. The Morgan fingerprint density at radius 1 is 1.67 bits per heavy atom. The molecule has 0 aromatic heterocycles. The topological polar surface area (TPSA) is 63.3 Å². The van der Waals surface area contributed by atoms with Crippen LogP contribution in [0.15, 0.2) is 6.07 Å². The smallest absolute Gasteiger partial charge is 0.167 e. The van der Waals surface area contributed by atoms with Crippen LogP contribution >= 0.6 is 11.6 Å². The Labute approximate surface area is 72.6 Å². The molecule has 1 aromatic carbocycles. The van der Waals surface area contributed by atoms with Crippen LogP contribution in [0.2, 0.25) is 5.02 Å². The second-order valence-electron chi connectivity index (χ2n) is 2.14. The third kappa shape index (κ3) is 1.21. The molecule has 0 bridgehead atoms. The minimum absolute atomic E-state index is 0.0749. The Morgan fingerprint density at radius 3 is 2.75 bits per heavy atom. The molecule has 0 fully saturated rings. The predicted molar refractivity (Wildman–Crippen MR) is 42.9 cm³/mol. The Hall–Kier alpha value is -1.29. The average Bonchev–Trinajstić information content (AvgIpc) is 2.02. The van der Waals surface area contributed by atoms with E-state index in [1.165, 1.54) is 0 Å². The molecule has 0 saturated heterocycles. The van der Waals surface area contributed by atoms with Crippen molar-refractivity contribution in [1.82, 2.24) is 0 Å². The molecule has 5 heteroatoms. The van der Waals surface area contributed by atoms with E-state index in [4.69, 9.17) is 22.4 Å². The highest BCUT2D eigenvalue weighted by molar-refractivity contribution is 6.35. The molecule has 0 spiro atoms. The standard InChI is InChI=1S/C7H5ClFNO2/c8-6-3(2-11)7(12)4(9)1-5(6)10/h1-2,12H,10H2. The monoisotopic (exact) mass is 189 g/mol. The Bertz CT molecular complexity index is 314. The van der Waals surface area contributed by atoms with E-state index >= 15 is 0 Å². The summed E-state index contributed by atoms with van der Waals surface area (Å²) >= 11 is 5.49. The first kappa shape index (κ1) is 8.80. The first-order chi connectivity index (χ1) is 5.57. The van der Waals surface area contributed by atoms with Gasteiger partial charge in [-0.05, 0) is 0 Å². The molecule has 3 nitrogen and oxygen atoms in total. The summed E-state index contributed by atoms with van der Waals surface area (Å²) in [5, 5.41) is 8.82. The third-order valence-corrected chi connectivity index (χ3v) is 1.79. The van der Waals surface area contributed by atoms with Crippen molar-refractivity contribution in [1.29, 1.82) is 0 Å². The van der Waals surface area contributed by atoms with E-state index in [1.807, 2.05) is 0 Å². The molecule has 12 heavy (non-hydrogen) atoms. The van der Waals surface area contributed by atoms with Gasteiger partial charge in [-0.1, -0.05) is 11.6 Å². The zero-order valence-electron chi connectivity index (χ0n) is 5.84. The third-order valence-electron chi connectivity index (χ3n) is 1.37. The van der Waals surface area contributed by atoms with Crippen molar-refractivity contribution in [3.05, 3.63) is 22.5 Å². The van der Waals surface area contributed by atoms with Crippen molar-refractivity contribution in [2.75, 3.05) is 5.73 Å². The van der Waals surface area contributed by atoms with E-state index in [1.54, 1.807) is 0 Å². The number of phenolic OH excluding ortho intramolecular Hbond substituents is 1. The van der Waals surface area contributed by atoms with Crippen LogP contribution < -0.4 is 5.73 Å². The van der Waals surface area contributed by atoms with Gasteiger partial charge in [0.2, 0.25) is 0 Å². The van der Waals surface area contributed by atoms with Gasteiger partial charge in [-0.15, -0.1) is 0 Å². The molecule has 1 aromatic rings. The Balaban J connectivity index is 3.52. The van der Waals surface area contributed by atoms with Gasteiger partial charge in [-0.25, -0.2) is 4.39 Å². The molecule has 1 rings (SSSR count). The molecular formula is C7H5ClFNO2. The van der Waals surface area contributed by atoms with E-state index in [2.05, 4.69) is 0 Å². The molecule has 0 aliphatic heterocycles. The van der Waals surface area contributed by atoms with Crippen molar-refractivity contribution in [2.45, 2.75) is 0 Å². The second kappa shape index (κ2) is 2.98. The predicted octanol–water partition coefficient (Wildman–Crippen LogP) is 1.58. The van der Waals surface area contributed by atoms with Gasteiger partial charge >= 0.3 is 0 Å². The summed E-state index contributed by atoms with van der Waals surface area (Å²) < 4.78 is 12.7. The minimum Gasteiger partial charge on any atom is -0.504 e. The maximum Gasteiger partial charge on any atom is 0.167 e. The maximum atomic E-state index is 12.7. The number of carbonyl (C=O) groups is 1. The molecule has 0 aliphatic carbocycles. The zero-order chi connectivity index (χ0) is 9.30. The normalized spacial score (nSPS) is 9.83. The fourth-order valence-corrected chi connectivity index (χ4v) is 0.953. The van der Waals surface area contributed by atoms with Gasteiger partial charge in [-0.3, -0.25) is 4.79 Å². The van der Waals surface area contributed by atoms with Gasteiger partial charge in [0, 0.05) is 6.07 Å². The summed E-state index contributed by atoms with van der Waals surface area (Å²) in [4.78, 5) is 10.3. The zero-order valence-corrected chi connectivity index (χ0v) is 6.60. The minimum atomic E-state index is -0.959. The highest BCUT2D eigenvalue weighted by atomic mass is 35.5. The number of phenols is 1. The number of anilines is 1. The van der Waals surface area contributed by atoms with Crippen molar-refractivity contribution in [3.8, 4) is 5.75 Å². The molecule has 0 radical (unpaired) electrons. The number of benzene rings is 1. The van der Waals surface area contributed by atoms with Gasteiger partial charge in [-0.2, -0.15) is 0 Å². The van der Waals surface area contributed by atoms with Gasteiger partial charge < -0.3 is 10.8 Å². The number of carbonyl (C=O) groups excluding carboxylic acids is 1. The van der Waals surface area contributed by atoms with Crippen LogP contribution in [0, 0.1) is 5.82 Å². The van der Waals surface area contributed by atoms with E-state index in [9.17, 15) is 9.18 Å². The molecule has 0 amide bonds. The number of aldehydes is 1. The number of aromatic hydroxyl groups is 1. The lowest BCUT2D eigenvalue weighted by molar-refractivity contribution is 0.112. The first-order valence-electron chi connectivity index (χ1n) is 2.99. The van der Waals surface area contributed by atoms with Crippen molar-refractivity contribution >= 4 is 23.6 Å². The SMILES string of the molecule is Nc1cc(F)c(O)c(C=O)c1Cl. The van der Waals surface area contributed by atoms with Crippen LogP contribution in [0.1, 0.15) is 10.4 Å². The van der Waals surface area contributed by atoms with Crippen molar-refractivity contribution in [2.24, 2.45) is 0 Å². The molecule has 0 aliphatic rings. The van der Waals surface area contributed by atoms with Crippen LogP contribution in [0.3, 0.4) is 0 Å². The lowest BCUT2D eigenvalue weighted by Crippen LogP contribution is -1.94. The van der Waals surface area contributed by atoms with E-state index in [-0.39, 0.29) is 22.6 Å². The summed E-state index contributed by atoms with van der Waals surface area (Å²) in [6, 6.07) is 0.852. The molecular weight excluding hydrogens is 185 g/mol. The molecule has 0 atom stereocenters. The molecule has 3 N–H and O–H groups in total. The highest BCUT2D eigenvalue weighted by Gasteiger charge is 2.13. The first-order valence-corrected chi connectivity index (χ1v) is 3.37. The van der Waals surface area contributed by atoms with Crippen molar-refractivity contribution in [3.63, 3.8) is 0 Å². The number of nitrogen functional groups attached to an aromatic ring is 1. The number of nitrogens with two attached hydrogens (primary N) is 1. The van der Waals surface area contributed by atoms with Gasteiger partial charge in [0.1, 0.15) is 0 Å². The Morgan fingerprint density at radius 2 is 2.25 bits per heavy atom. The fraction of sp³-hybridized carbons (Fsp3) is 0. The Kier molecular flexibility index (Phi) is 2.19. The van der Waals surface area contributed by atoms with E-state index < -0.39 is 11.6 Å². The second-order valence-corrected chi connectivity index (χ2v) is 2.52. The summed E-state index contributed by atoms with van der Waals surface area (Å²) in [7, 11) is 0. The summed E-state index contributed by atoms with van der Waals surface area (Å²) in [5.74, 6) is -1.73. The molecule has 0 saturated carbocycles. The quantitative estimate of drug-likeness (QED) is 0.401. The average molecular weight is 190 g/mol. The van der Waals surface area contributed by atoms with E-state index in [0.29, 0.717) is 0 Å². The van der Waals surface area contributed by atoms with Crippen LogP contribution in [0.4, 0.5) is 10.1 Å². The van der Waals surface area contributed by atoms with Crippen LogP contribution in [0.5, 0.6) is 5.75 Å². The summed E-state index contributed by atoms with van der Waals surface area (Å²) in [6.07, 6.45) is 0.247. The maximum absolute atomic E-state index is 12.7. The van der Waals surface area contributed by atoms with Crippen LogP contribution in [-0.4, -0.2) is 11.4 Å². The fourth-order valence-electron chi connectivity index (χ4n) is 0.764. The number of hydrogen-bond acceptors (Lipinski definition) is 3. The highest BCUT2D eigenvalue weighted by Crippen LogP contribution is 2.31. The number of halogens is 2. The van der Waals surface area contributed by atoms with Crippen LogP contribution in [-0.2, 0) is 0 Å². The van der Waals surface area contributed by atoms with Crippen LogP contribution in [0.25, 0.3) is 0 Å². The lowest BCUT2D eigenvalue weighted by atomic mass is 10.2. The summed E-state index contributed by atoms with van der Waals surface area (Å²) in [5.41, 5.74) is 4.82. The van der Waals surface area contributed by atoms with Gasteiger partial charge in [0.15, 0.2) is 17.9 Å². The van der Waals surface area contributed by atoms with Gasteiger partial charge in [0.05, 0.1) is 16.3 Å². The summed E-state index contributed by atoms with van der Waals surface area (Å²) in [6.45, 7) is 0. The lowest BCUT2D eigenvalue weighted by Gasteiger charge is -2.03. The molecule has 0 heterocycles. The van der Waals surface area contributed by atoms with E-state index in [0.717, 1.165) is 6.07 Å². The van der Waals surface area contributed by atoms with Crippen molar-refractivity contribution < 1.29 is 14.3 Å². The number of hydrogen-bond donors (Lipinski definition) is 2. The largest absolute Gasteiger partial charge is 0.504 e. The van der Waals surface area contributed by atoms with Gasteiger partial charge in [0.25, 0.3) is 0 Å². The molecule has 0 unspecified atom stereocenters. The number of rotatable bonds is 1.